The Hall–Kier alpha value is -1.00. The van der Waals surface area contributed by atoms with Crippen molar-refractivity contribution >= 4 is 20.0 Å². The van der Waals surface area contributed by atoms with Crippen LogP contribution in [0.5, 0.6) is 0 Å². The van der Waals surface area contributed by atoms with Crippen LogP contribution in [0.4, 0.5) is 0 Å². The van der Waals surface area contributed by atoms with Crippen LogP contribution >= 0.6 is 0 Å². The molecule has 0 aliphatic carbocycles. The number of nitrogens with zero attached hydrogens (tertiary/aromatic N) is 2. The normalized spacial score (nSPS) is 21.6. The number of rotatable bonds is 6. The van der Waals surface area contributed by atoms with E-state index >= 15 is 0 Å². The second-order valence-electron chi connectivity index (χ2n) is 7.31. The molecule has 0 saturated carbocycles. The SMILES string of the molecule is CS(=O)(=O)N(C1CCOCC1)C1CCN(S(=O)(=O)Cc2ccccc2)CC1. The van der Waals surface area contributed by atoms with Crippen molar-refractivity contribution in [3.8, 4) is 0 Å². The first-order valence-corrected chi connectivity index (χ1v) is 12.8. The fraction of sp³-hybridized carbons (Fsp3) is 0.667. The maximum absolute atomic E-state index is 12.7. The monoisotopic (exact) mass is 416 g/mol. The Balaban J connectivity index is 1.66. The van der Waals surface area contributed by atoms with Crippen molar-refractivity contribution in [1.82, 2.24) is 8.61 Å². The lowest BCUT2D eigenvalue weighted by Crippen LogP contribution is -2.53. The molecule has 2 aliphatic heterocycles. The van der Waals surface area contributed by atoms with Crippen LogP contribution in [0.25, 0.3) is 0 Å². The van der Waals surface area contributed by atoms with E-state index in [0.717, 1.165) is 5.56 Å². The number of hydrogen-bond acceptors (Lipinski definition) is 5. The van der Waals surface area contributed by atoms with Gasteiger partial charge in [-0.25, -0.2) is 21.1 Å². The van der Waals surface area contributed by atoms with E-state index in [1.807, 2.05) is 18.2 Å². The largest absolute Gasteiger partial charge is 0.381 e. The summed E-state index contributed by atoms with van der Waals surface area (Å²) in [4.78, 5) is 0. The average molecular weight is 417 g/mol. The van der Waals surface area contributed by atoms with Crippen LogP contribution in [0.2, 0.25) is 0 Å². The van der Waals surface area contributed by atoms with Gasteiger partial charge < -0.3 is 4.74 Å². The minimum absolute atomic E-state index is 0.0196. The fourth-order valence-corrected chi connectivity index (χ4v) is 7.10. The van der Waals surface area contributed by atoms with E-state index in [0.29, 0.717) is 52.0 Å². The van der Waals surface area contributed by atoms with Gasteiger partial charge in [0.2, 0.25) is 20.0 Å². The second-order valence-corrected chi connectivity index (χ2v) is 11.2. The van der Waals surface area contributed by atoms with E-state index in [4.69, 9.17) is 4.74 Å². The number of hydrogen-bond donors (Lipinski definition) is 0. The summed E-state index contributed by atoms with van der Waals surface area (Å²) >= 11 is 0. The van der Waals surface area contributed by atoms with Gasteiger partial charge in [0.25, 0.3) is 0 Å². The molecule has 0 spiro atoms. The Morgan fingerprint density at radius 1 is 0.963 bits per heavy atom. The van der Waals surface area contributed by atoms with E-state index in [1.165, 1.54) is 10.6 Å². The van der Waals surface area contributed by atoms with Gasteiger partial charge in [0.15, 0.2) is 0 Å². The van der Waals surface area contributed by atoms with E-state index in [-0.39, 0.29) is 17.8 Å². The molecule has 0 N–H and O–H groups in total. The van der Waals surface area contributed by atoms with Crippen molar-refractivity contribution in [3.05, 3.63) is 35.9 Å². The molecule has 2 aliphatic rings. The van der Waals surface area contributed by atoms with Crippen LogP contribution in [-0.4, -0.2) is 70.1 Å². The van der Waals surface area contributed by atoms with Crippen molar-refractivity contribution < 1.29 is 21.6 Å². The van der Waals surface area contributed by atoms with E-state index < -0.39 is 20.0 Å². The molecule has 152 valence electrons. The quantitative estimate of drug-likeness (QED) is 0.700. The summed E-state index contributed by atoms with van der Waals surface area (Å²) < 4.78 is 58.7. The highest BCUT2D eigenvalue weighted by Crippen LogP contribution is 2.27. The van der Waals surface area contributed by atoms with Gasteiger partial charge >= 0.3 is 0 Å². The van der Waals surface area contributed by atoms with E-state index in [2.05, 4.69) is 0 Å². The number of ether oxygens (including phenoxy) is 1. The molecule has 0 aromatic heterocycles. The first-order chi connectivity index (χ1) is 12.8. The lowest BCUT2D eigenvalue weighted by Gasteiger charge is -2.41. The van der Waals surface area contributed by atoms with Gasteiger partial charge in [-0.2, -0.15) is 4.31 Å². The Labute approximate surface area is 162 Å². The minimum Gasteiger partial charge on any atom is -0.381 e. The molecule has 1 aromatic rings. The van der Waals surface area contributed by atoms with Gasteiger partial charge in [0.05, 0.1) is 12.0 Å². The van der Waals surface area contributed by atoms with Gasteiger partial charge in [0.1, 0.15) is 0 Å². The van der Waals surface area contributed by atoms with Crippen LogP contribution in [0, 0.1) is 0 Å². The molecule has 3 rings (SSSR count). The lowest BCUT2D eigenvalue weighted by molar-refractivity contribution is 0.0435. The number of sulfonamides is 2. The van der Waals surface area contributed by atoms with Gasteiger partial charge in [-0.3, -0.25) is 0 Å². The maximum Gasteiger partial charge on any atom is 0.218 e. The van der Waals surface area contributed by atoms with Crippen LogP contribution in [0.15, 0.2) is 30.3 Å². The standard InChI is InChI=1S/C18H28N2O5S2/c1-26(21,22)20(18-9-13-25-14-10-18)17-7-11-19(12-8-17)27(23,24)15-16-5-3-2-4-6-16/h2-6,17-18H,7-15H2,1H3. The number of piperidine rings is 1. The summed E-state index contributed by atoms with van der Waals surface area (Å²) in [5, 5.41) is 0. The molecule has 7 nitrogen and oxygen atoms in total. The summed E-state index contributed by atoms with van der Waals surface area (Å²) in [6.07, 6.45) is 3.69. The Morgan fingerprint density at radius 3 is 2.07 bits per heavy atom. The molecule has 0 radical (unpaired) electrons. The Bertz CT molecular complexity index is 813. The van der Waals surface area contributed by atoms with Gasteiger partial charge in [0, 0.05) is 38.4 Å². The zero-order chi connectivity index (χ0) is 19.5. The van der Waals surface area contributed by atoms with E-state index in [9.17, 15) is 16.8 Å². The Morgan fingerprint density at radius 2 is 1.52 bits per heavy atom. The van der Waals surface area contributed by atoms with Crippen LogP contribution in [0.3, 0.4) is 0 Å². The van der Waals surface area contributed by atoms with E-state index in [1.54, 1.807) is 16.4 Å². The zero-order valence-corrected chi connectivity index (χ0v) is 17.3. The predicted octanol–water partition coefficient (Wildman–Crippen LogP) is 1.42. The summed E-state index contributed by atoms with van der Waals surface area (Å²) in [6.45, 7) is 1.85. The molecule has 0 bridgehead atoms. The van der Waals surface area contributed by atoms with Crippen molar-refractivity contribution in [2.24, 2.45) is 0 Å². The third-order valence-electron chi connectivity index (χ3n) is 5.30. The molecular formula is C18H28N2O5S2. The highest BCUT2D eigenvalue weighted by molar-refractivity contribution is 7.88. The number of benzene rings is 1. The summed E-state index contributed by atoms with van der Waals surface area (Å²) in [7, 11) is -6.76. The molecule has 0 atom stereocenters. The first-order valence-electron chi connectivity index (χ1n) is 9.35. The van der Waals surface area contributed by atoms with Gasteiger partial charge in [-0.05, 0) is 31.2 Å². The summed E-state index contributed by atoms with van der Waals surface area (Å²) in [5.41, 5.74) is 0.764. The smallest absolute Gasteiger partial charge is 0.218 e. The predicted molar refractivity (Wildman–Crippen MR) is 104 cm³/mol. The molecule has 9 heteroatoms. The third-order valence-corrected chi connectivity index (χ3v) is 8.51. The molecule has 1 aromatic carbocycles. The molecule has 2 fully saturated rings. The zero-order valence-electron chi connectivity index (χ0n) is 15.7. The first kappa shape index (κ1) is 20.7. The third kappa shape index (κ3) is 5.29. The second kappa shape index (κ2) is 8.57. The summed E-state index contributed by atoms with van der Waals surface area (Å²) in [6, 6.07) is 8.93. The van der Waals surface area contributed by atoms with Crippen molar-refractivity contribution in [3.63, 3.8) is 0 Å². The molecule has 0 unspecified atom stereocenters. The molecule has 0 amide bonds. The van der Waals surface area contributed by atoms with Crippen LogP contribution in [-0.2, 0) is 30.5 Å². The minimum atomic E-state index is -3.40. The van der Waals surface area contributed by atoms with Crippen molar-refractivity contribution in [2.45, 2.75) is 43.5 Å². The van der Waals surface area contributed by atoms with Gasteiger partial charge in [-0.1, -0.05) is 30.3 Å². The maximum atomic E-state index is 12.7. The molecule has 2 heterocycles. The molecule has 27 heavy (non-hydrogen) atoms. The highest BCUT2D eigenvalue weighted by atomic mass is 32.2. The van der Waals surface area contributed by atoms with Crippen LogP contribution in [0.1, 0.15) is 31.2 Å². The molecule has 2 saturated heterocycles. The van der Waals surface area contributed by atoms with Crippen molar-refractivity contribution in [1.29, 1.82) is 0 Å². The Kier molecular flexibility index (Phi) is 6.58. The van der Waals surface area contributed by atoms with Crippen LogP contribution < -0.4 is 0 Å². The average Bonchev–Trinajstić information content (AvgIpc) is 2.62. The van der Waals surface area contributed by atoms with Crippen molar-refractivity contribution in [2.75, 3.05) is 32.6 Å². The molecular weight excluding hydrogens is 388 g/mol. The van der Waals surface area contributed by atoms with Gasteiger partial charge in [-0.15, -0.1) is 0 Å². The fourth-order valence-electron chi connectivity index (χ4n) is 4.03. The highest BCUT2D eigenvalue weighted by Gasteiger charge is 2.38. The topological polar surface area (TPSA) is 84.0 Å². The summed E-state index contributed by atoms with van der Waals surface area (Å²) in [5.74, 6) is -0.0196. The lowest BCUT2D eigenvalue weighted by atomic mass is 10.0.